The van der Waals surface area contributed by atoms with Gasteiger partial charge in [-0.3, -0.25) is 0 Å². The highest BCUT2D eigenvalue weighted by Crippen LogP contribution is 2.60. The molecule has 0 radical (unpaired) electrons. The van der Waals surface area contributed by atoms with Gasteiger partial charge in [-0.2, -0.15) is 0 Å². The number of hydrogen-bond donors (Lipinski definition) is 0. The third-order valence-corrected chi connectivity index (χ3v) is 6.82. The van der Waals surface area contributed by atoms with E-state index in [9.17, 15) is 0 Å². The van der Waals surface area contributed by atoms with Crippen LogP contribution in [0.15, 0.2) is 30.3 Å². The molecule has 0 bridgehead atoms. The zero-order chi connectivity index (χ0) is 10.3. The molecule has 2 fully saturated rings. The maximum atomic E-state index is 6.03. The number of para-hydroxylation sites is 1. The molecule has 0 aliphatic carbocycles. The van der Waals surface area contributed by atoms with E-state index >= 15 is 0 Å². The van der Waals surface area contributed by atoms with Gasteiger partial charge in [-0.1, -0.05) is 18.2 Å². The molecule has 0 amide bonds. The Balaban J connectivity index is 1.82. The molecule has 0 saturated carbocycles. The molecule has 1 aromatic carbocycles. The summed E-state index contributed by atoms with van der Waals surface area (Å²) in [4.78, 5) is 0. The van der Waals surface area contributed by atoms with Crippen LogP contribution in [0, 0.1) is 0 Å². The Kier molecular flexibility index (Phi) is 2.33. The van der Waals surface area contributed by atoms with Crippen LogP contribution in [0.5, 0.6) is 5.75 Å². The topological polar surface area (TPSA) is 15.2 Å². The molecule has 2 saturated heterocycles. The average molecular weight is 240 g/mol. The summed E-state index contributed by atoms with van der Waals surface area (Å²) in [6.45, 7) is 2.53. The smallest absolute Gasteiger partial charge is 0.253 e. The summed E-state index contributed by atoms with van der Waals surface area (Å²) in [6.07, 6.45) is 0. The second-order valence-electron chi connectivity index (χ2n) is 3.80. The van der Waals surface area contributed by atoms with Crippen molar-refractivity contribution in [1.29, 1.82) is 0 Å². The van der Waals surface area contributed by atoms with Crippen LogP contribution in [0.1, 0.15) is 0 Å². The zero-order valence-corrected chi connectivity index (χ0v) is 10.1. The Morgan fingerprint density at radius 3 is 2.00 bits per heavy atom. The maximum Gasteiger partial charge on any atom is 0.253 e. The van der Waals surface area contributed by atoms with Gasteiger partial charge in [0.05, 0.1) is 0 Å². The first kappa shape index (κ1) is 9.79. The predicted octanol–water partition coefficient (Wildman–Crippen LogP) is 1.92. The second-order valence-corrected chi connectivity index (χ2v) is 7.52. The fourth-order valence-electron chi connectivity index (χ4n) is 1.51. The van der Waals surface area contributed by atoms with Crippen molar-refractivity contribution in [2.45, 2.75) is 0 Å². The van der Waals surface area contributed by atoms with E-state index in [2.05, 4.69) is 9.34 Å². The summed E-state index contributed by atoms with van der Waals surface area (Å²) >= 11 is 5.70. The van der Waals surface area contributed by atoms with Crippen LogP contribution in [-0.2, 0) is 11.8 Å². The molecule has 0 atom stereocenters. The highest BCUT2D eigenvalue weighted by molar-refractivity contribution is 8.10. The van der Waals surface area contributed by atoms with Crippen LogP contribution in [0.2, 0.25) is 0 Å². The van der Waals surface area contributed by atoms with Crippen molar-refractivity contribution in [3.63, 3.8) is 0 Å². The third kappa shape index (κ3) is 1.95. The largest absolute Gasteiger partial charge is 0.441 e. The minimum atomic E-state index is -1.86. The van der Waals surface area contributed by atoms with E-state index in [-0.39, 0.29) is 0 Å². The van der Waals surface area contributed by atoms with Gasteiger partial charge >= 0.3 is 0 Å². The van der Waals surface area contributed by atoms with Gasteiger partial charge in [0.1, 0.15) is 5.75 Å². The monoisotopic (exact) mass is 240 g/mol. The van der Waals surface area contributed by atoms with Crippen molar-refractivity contribution in [3.8, 4) is 5.75 Å². The predicted molar refractivity (Wildman–Crippen MR) is 64.5 cm³/mol. The number of rotatable bonds is 4. The minimum absolute atomic E-state index is 0.902. The quantitative estimate of drug-likeness (QED) is 0.589. The minimum Gasteiger partial charge on any atom is -0.441 e. The Hall–Kier alpha value is -0.410. The first-order chi connectivity index (χ1) is 7.29. The molecule has 15 heavy (non-hydrogen) atoms. The molecule has 0 aromatic heterocycles. The van der Waals surface area contributed by atoms with Gasteiger partial charge in [0.25, 0.3) is 6.57 Å². The van der Waals surface area contributed by atoms with Crippen LogP contribution in [0.4, 0.5) is 0 Å². The van der Waals surface area contributed by atoms with Gasteiger partial charge in [0.2, 0.25) is 0 Å². The van der Waals surface area contributed by atoms with E-state index in [1.54, 1.807) is 0 Å². The molecular formula is C10H13N2OPS. The summed E-state index contributed by atoms with van der Waals surface area (Å²) in [5, 5.41) is 0. The lowest BCUT2D eigenvalue weighted by Gasteiger charge is -2.24. The standard InChI is InChI=1S/C10H13N2OPS/c15-14(11-6-7-11,12-8-9-12)13-10-4-2-1-3-5-10/h1-5H,6-9H2. The van der Waals surface area contributed by atoms with Gasteiger partial charge in [-0.05, 0) is 23.9 Å². The fourth-order valence-corrected chi connectivity index (χ4v) is 4.92. The van der Waals surface area contributed by atoms with Crippen molar-refractivity contribution in [1.82, 2.24) is 9.34 Å². The molecule has 0 unspecified atom stereocenters. The van der Waals surface area contributed by atoms with Gasteiger partial charge in [0.15, 0.2) is 0 Å². The molecule has 3 rings (SSSR count). The zero-order valence-electron chi connectivity index (χ0n) is 8.37. The Labute approximate surface area is 94.8 Å². The first-order valence-electron chi connectivity index (χ1n) is 5.14. The van der Waals surface area contributed by atoms with Crippen LogP contribution < -0.4 is 4.52 Å². The van der Waals surface area contributed by atoms with Gasteiger partial charge < -0.3 is 4.52 Å². The summed E-state index contributed by atoms with van der Waals surface area (Å²) in [6, 6.07) is 9.92. The lowest BCUT2D eigenvalue weighted by Crippen LogP contribution is -2.09. The SMILES string of the molecule is S=P(Oc1ccccc1)(N1CC1)N1CC1. The summed E-state index contributed by atoms with van der Waals surface area (Å²) < 4.78 is 10.6. The normalized spacial score (nSPS) is 21.3. The number of hydrogen-bond acceptors (Lipinski definition) is 2. The van der Waals surface area contributed by atoms with E-state index < -0.39 is 6.57 Å². The fraction of sp³-hybridized carbons (Fsp3) is 0.400. The van der Waals surface area contributed by atoms with Crippen molar-refractivity contribution in [3.05, 3.63) is 30.3 Å². The molecule has 3 nitrogen and oxygen atoms in total. The number of nitrogens with zero attached hydrogens (tertiary/aromatic N) is 2. The van der Waals surface area contributed by atoms with E-state index in [0.29, 0.717) is 0 Å². The van der Waals surface area contributed by atoms with E-state index in [1.165, 1.54) is 0 Å². The highest BCUT2D eigenvalue weighted by Gasteiger charge is 2.46. The molecule has 80 valence electrons. The van der Waals surface area contributed by atoms with E-state index in [4.69, 9.17) is 16.3 Å². The molecule has 0 spiro atoms. The lowest BCUT2D eigenvalue weighted by atomic mass is 10.3. The Bertz CT molecular complexity index is 387. The van der Waals surface area contributed by atoms with Crippen LogP contribution in [0.25, 0.3) is 0 Å². The molecule has 5 heteroatoms. The summed E-state index contributed by atoms with van der Waals surface area (Å²) in [5.74, 6) is 0.902. The van der Waals surface area contributed by atoms with E-state index in [0.717, 1.165) is 31.9 Å². The maximum absolute atomic E-state index is 6.03. The Morgan fingerprint density at radius 2 is 1.53 bits per heavy atom. The highest BCUT2D eigenvalue weighted by atomic mass is 32.5. The van der Waals surface area contributed by atoms with Gasteiger partial charge in [0, 0.05) is 26.2 Å². The van der Waals surface area contributed by atoms with Gasteiger partial charge in [-0.25, -0.2) is 9.34 Å². The molecule has 0 N–H and O–H groups in total. The summed E-state index contributed by atoms with van der Waals surface area (Å²) in [5.41, 5.74) is 0. The van der Waals surface area contributed by atoms with Crippen molar-refractivity contribution in [2.24, 2.45) is 0 Å². The van der Waals surface area contributed by atoms with Crippen LogP contribution in [0.3, 0.4) is 0 Å². The van der Waals surface area contributed by atoms with Crippen molar-refractivity contribution < 1.29 is 4.52 Å². The average Bonchev–Trinajstić information content (AvgIpc) is 3.09. The summed E-state index contributed by atoms with van der Waals surface area (Å²) in [7, 11) is 0. The molecule has 2 aliphatic heterocycles. The van der Waals surface area contributed by atoms with Crippen molar-refractivity contribution >= 4 is 18.4 Å². The lowest BCUT2D eigenvalue weighted by molar-refractivity contribution is 0.532. The van der Waals surface area contributed by atoms with Crippen LogP contribution in [-0.4, -0.2) is 35.5 Å². The number of benzene rings is 1. The van der Waals surface area contributed by atoms with Gasteiger partial charge in [-0.15, -0.1) is 0 Å². The molecule has 2 heterocycles. The van der Waals surface area contributed by atoms with Crippen molar-refractivity contribution in [2.75, 3.05) is 26.2 Å². The third-order valence-electron chi connectivity index (χ3n) is 2.53. The molecule has 1 aromatic rings. The first-order valence-corrected chi connectivity index (χ1v) is 7.77. The van der Waals surface area contributed by atoms with Crippen LogP contribution >= 0.6 is 6.57 Å². The Morgan fingerprint density at radius 1 is 1.00 bits per heavy atom. The molecular weight excluding hydrogens is 227 g/mol. The van der Waals surface area contributed by atoms with E-state index in [1.807, 2.05) is 30.3 Å². The molecule has 2 aliphatic rings. The second kappa shape index (κ2) is 3.56.